The Kier molecular flexibility index (Phi) is 5.39. The first-order valence-corrected chi connectivity index (χ1v) is 5.80. The number of amides is 1. The van der Waals surface area contributed by atoms with Gasteiger partial charge in [-0.2, -0.15) is 0 Å². The molecule has 1 unspecified atom stereocenters. The van der Waals surface area contributed by atoms with Crippen LogP contribution in [0.25, 0.3) is 0 Å². The van der Waals surface area contributed by atoms with Crippen molar-refractivity contribution >= 4 is 5.91 Å². The summed E-state index contributed by atoms with van der Waals surface area (Å²) in [7, 11) is 1.73. The largest absolute Gasteiger partial charge is 0.508 e. The first-order chi connectivity index (χ1) is 8.54. The highest BCUT2D eigenvalue weighted by molar-refractivity contribution is 5.80. The number of phenols is 1. The molecule has 1 amide bonds. The highest BCUT2D eigenvalue weighted by atomic mass is 16.5. The third kappa shape index (κ3) is 4.22. The number of likely N-dealkylation sites (N-methyl/N-ethyl adjacent to an activating group) is 1. The Morgan fingerprint density at radius 1 is 1.50 bits per heavy atom. The molecule has 0 saturated heterocycles. The van der Waals surface area contributed by atoms with Crippen molar-refractivity contribution in [2.45, 2.75) is 19.6 Å². The fourth-order valence-electron chi connectivity index (χ4n) is 1.55. The van der Waals surface area contributed by atoms with Crippen LogP contribution >= 0.6 is 0 Å². The quantitative estimate of drug-likeness (QED) is 0.784. The molecule has 0 spiro atoms. The van der Waals surface area contributed by atoms with E-state index in [2.05, 4.69) is 6.58 Å². The Labute approximate surface area is 107 Å². The molecule has 1 aromatic carbocycles. The number of hydrogen-bond acceptors (Lipinski definition) is 3. The van der Waals surface area contributed by atoms with Crippen molar-refractivity contribution in [3.8, 4) is 5.75 Å². The number of carbonyl (C=O) groups is 1. The summed E-state index contributed by atoms with van der Waals surface area (Å²) in [5.41, 5.74) is 0.958. The second kappa shape index (κ2) is 6.81. The normalized spacial score (nSPS) is 11.9. The zero-order valence-electron chi connectivity index (χ0n) is 10.8. The topological polar surface area (TPSA) is 49.8 Å². The van der Waals surface area contributed by atoms with Crippen LogP contribution in [0, 0.1) is 0 Å². The first kappa shape index (κ1) is 14.3. The van der Waals surface area contributed by atoms with Crippen LogP contribution in [-0.4, -0.2) is 35.7 Å². The van der Waals surface area contributed by atoms with E-state index >= 15 is 0 Å². The van der Waals surface area contributed by atoms with E-state index in [1.807, 2.05) is 0 Å². The predicted octanol–water partition coefficient (Wildman–Crippen LogP) is 1.94. The van der Waals surface area contributed by atoms with Crippen molar-refractivity contribution in [1.29, 1.82) is 0 Å². The summed E-state index contributed by atoms with van der Waals surface area (Å²) in [6, 6.07) is 6.78. The van der Waals surface area contributed by atoms with Crippen LogP contribution in [0.5, 0.6) is 5.75 Å². The highest BCUT2D eigenvalue weighted by Gasteiger charge is 2.17. The molecule has 1 rings (SSSR count). The van der Waals surface area contributed by atoms with E-state index in [4.69, 9.17) is 4.74 Å². The lowest BCUT2D eigenvalue weighted by Crippen LogP contribution is -2.35. The molecule has 0 aromatic heterocycles. The maximum atomic E-state index is 11.9. The van der Waals surface area contributed by atoms with Gasteiger partial charge in [0.05, 0.1) is 6.61 Å². The molecule has 0 fully saturated rings. The lowest BCUT2D eigenvalue weighted by atomic mass is 10.2. The molecule has 0 radical (unpaired) electrons. The number of nitrogens with zero attached hydrogens (tertiary/aromatic N) is 1. The number of ether oxygens (including phenoxy) is 1. The fourth-order valence-corrected chi connectivity index (χ4v) is 1.55. The van der Waals surface area contributed by atoms with Crippen LogP contribution in [-0.2, 0) is 16.1 Å². The summed E-state index contributed by atoms with van der Waals surface area (Å²) in [5, 5.41) is 9.18. The molecule has 1 aromatic rings. The van der Waals surface area contributed by atoms with Crippen molar-refractivity contribution < 1.29 is 14.6 Å². The van der Waals surface area contributed by atoms with Crippen molar-refractivity contribution in [3.05, 3.63) is 42.5 Å². The van der Waals surface area contributed by atoms with Crippen molar-refractivity contribution in [2.24, 2.45) is 0 Å². The van der Waals surface area contributed by atoms with E-state index in [0.29, 0.717) is 13.2 Å². The van der Waals surface area contributed by atoms with Crippen LogP contribution in [0.2, 0.25) is 0 Å². The number of hydrogen-bond donors (Lipinski definition) is 1. The Morgan fingerprint density at radius 3 is 2.67 bits per heavy atom. The molecule has 1 N–H and O–H groups in total. The smallest absolute Gasteiger partial charge is 0.251 e. The van der Waals surface area contributed by atoms with E-state index in [0.717, 1.165) is 5.56 Å². The third-order valence-corrected chi connectivity index (χ3v) is 2.54. The van der Waals surface area contributed by atoms with E-state index in [-0.39, 0.29) is 11.7 Å². The maximum Gasteiger partial charge on any atom is 0.251 e. The van der Waals surface area contributed by atoms with E-state index in [9.17, 15) is 9.90 Å². The number of rotatable bonds is 6. The van der Waals surface area contributed by atoms with Gasteiger partial charge in [-0.05, 0) is 24.6 Å². The first-order valence-electron chi connectivity index (χ1n) is 5.80. The van der Waals surface area contributed by atoms with Crippen LogP contribution in [0.1, 0.15) is 12.5 Å². The Hall–Kier alpha value is -1.81. The standard InChI is InChI=1S/C14H19NO3/c1-4-9-18-11(2)14(17)15(3)10-12-5-7-13(16)8-6-12/h4-8,11,16H,1,9-10H2,2-3H3. The zero-order valence-corrected chi connectivity index (χ0v) is 10.8. The molecule has 98 valence electrons. The van der Waals surface area contributed by atoms with Gasteiger partial charge in [0.2, 0.25) is 0 Å². The van der Waals surface area contributed by atoms with E-state index in [1.54, 1.807) is 49.2 Å². The zero-order chi connectivity index (χ0) is 13.5. The van der Waals surface area contributed by atoms with Gasteiger partial charge in [-0.25, -0.2) is 0 Å². The monoisotopic (exact) mass is 249 g/mol. The van der Waals surface area contributed by atoms with Crippen molar-refractivity contribution in [3.63, 3.8) is 0 Å². The molecule has 1 atom stereocenters. The molecule has 4 nitrogen and oxygen atoms in total. The summed E-state index contributed by atoms with van der Waals surface area (Å²) in [4.78, 5) is 13.5. The van der Waals surface area contributed by atoms with E-state index < -0.39 is 6.10 Å². The van der Waals surface area contributed by atoms with E-state index in [1.165, 1.54) is 0 Å². The summed E-state index contributed by atoms with van der Waals surface area (Å²) < 4.78 is 5.28. The molecular formula is C14H19NO3. The predicted molar refractivity (Wildman–Crippen MR) is 70.2 cm³/mol. The molecule has 0 aliphatic carbocycles. The average molecular weight is 249 g/mol. The van der Waals surface area contributed by atoms with Crippen LogP contribution in [0.15, 0.2) is 36.9 Å². The molecule has 0 heterocycles. The van der Waals surface area contributed by atoms with Gasteiger partial charge in [-0.15, -0.1) is 6.58 Å². The summed E-state index contributed by atoms with van der Waals surface area (Å²) in [5.74, 6) is 0.139. The number of benzene rings is 1. The van der Waals surface area contributed by atoms with Crippen LogP contribution < -0.4 is 0 Å². The van der Waals surface area contributed by atoms with Gasteiger partial charge in [0, 0.05) is 13.6 Å². The van der Waals surface area contributed by atoms with Gasteiger partial charge in [-0.3, -0.25) is 4.79 Å². The minimum atomic E-state index is -0.481. The number of aromatic hydroxyl groups is 1. The molecule has 0 bridgehead atoms. The molecule has 4 heteroatoms. The van der Waals surface area contributed by atoms with Crippen LogP contribution in [0.4, 0.5) is 0 Å². The second-order valence-corrected chi connectivity index (χ2v) is 4.12. The highest BCUT2D eigenvalue weighted by Crippen LogP contribution is 2.11. The van der Waals surface area contributed by atoms with Crippen molar-refractivity contribution in [1.82, 2.24) is 4.90 Å². The molecule has 18 heavy (non-hydrogen) atoms. The number of phenolic OH excluding ortho intramolecular Hbond substituents is 1. The fraction of sp³-hybridized carbons (Fsp3) is 0.357. The number of carbonyl (C=O) groups excluding carboxylic acids is 1. The molecular weight excluding hydrogens is 230 g/mol. The third-order valence-electron chi connectivity index (χ3n) is 2.54. The van der Waals surface area contributed by atoms with Gasteiger partial charge in [-0.1, -0.05) is 18.2 Å². The molecule has 0 saturated carbocycles. The van der Waals surface area contributed by atoms with Gasteiger partial charge < -0.3 is 14.7 Å². The van der Waals surface area contributed by atoms with Gasteiger partial charge in [0.1, 0.15) is 11.9 Å². The SMILES string of the molecule is C=CCOC(C)C(=O)N(C)Cc1ccc(O)cc1. The maximum absolute atomic E-state index is 11.9. The van der Waals surface area contributed by atoms with Crippen LogP contribution in [0.3, 0.4) is 0 Å². The lowest BCUT2D eigenvalue weighted by Gasteiger charge is -2.21. The Bertz CT molecular complexity index is 400. The minimum absolute atomic E-state index is 0.0788. The van der Waals surface area contributed by atoms with Crippen molar-refractivity contribution in [2.75, 3.05) is 13.7 Å². The second-order valence-electron chi connectivity index (χ2n) is 4.12. The van der Waals surface area contributed by atoms with Gasteiger partial charge >= 0.3 is 0 Å². The summed E-state index contributed by atoms with van der Waals surface area (Å²) in [6.07, 6.45) is 1.13. The summed E-state index contributed by atoms with van der Waals surface area (Å²) in [6.45, 7) is 6.11. The Morgan fingerprint density at radius 2 is 2.11 bits per heavy atom. The Balaban J connectivity index is 2.53. The average Bonchev–Trinajstić information content (AvgIpc) is 2.37. The van der Waals surface area contributed by atoms with Gasteiger partial charge in [0.25, 0.3) is 5.91 Å². The minimum Gasteiger partial charge on any atom is -0.508 e. The lowest BCUT2D eigenvalue weighted by molar-refractivity contribution is -0.141. The summed E-state index contributed by atoms with van der Waals surface area (Å²) >= 11 is 0. The molecule has 0 aliphatic rings. The van der Waals surface area contributed by atoms with Gasteiger partial charge in [0.15, 0.2) is 0 Å². The molecule has 0 aliphatic heterocycles.